The predicted molar refractivity (Wildman–Crippen MR) is 116 cm³/mol. The van der Waals surface area contributed by atoms with E-state index in [1.54, 1.807) is 5.57 Å². The van der Waals surface area contributed by atoms with Crippen LogP contribution in [-0.4, -0.2) is 24.3 Å². The maximum atomic E-state index is 11.5. The summed E-state index contributed by atoms with van der Waals surface area (Å²) in [5.74, 6) is 2.76. The lowest BCUT2D eigenvalue weighted by atomic mass is 9.50. The number of aliphatic hydroxyl groups excluding tert-OH is 1. The first kappa shape index (κ1) is 21.2. The highest BCUT2D eigenvalue weighted by molar-refractivity contribution is 5.68. The van der Waals surface area contributed by atoms with Gasteiger partial charge in [-0.3, -0.25) is 4.79 Å². The van der Waals surface area contributed by atoms with Gasteiger partial charge in [0, 0.05) is 6.42 Å². The maximum absolute atomic E-state index is 11.5. The minimum Gasteiger partial charge on any atom is -0.469 e. The fourth-order valence-corrected chi connectivity index (χ4v) is 7.83. The van der Waals surface area contributed by atoms with Crippen molar-refractivity contribution in [2.75, 3.05) is 7.11 Å². The van der Waals surface area contributed by atoms with Crippen molar-refractivity contribution in [1.29, 1.82) is 0 Å². The van der Waals surface area contributed by atoms with Crippen molar-refractivity contribution in [3.8, 4) is 0 Å². The summed E-state index contributed by atoms with van der Waals surface area (Å²) in [6.45, 7) is 7.46. The number of carbonyl (C=O) groups is 1. The molecule has 162 valence electrons. The van der Waals surface area contributed by atoms with Gasteiger partial charge < -0.3 is 9.84 Å². The molecular weight excluding hydrogens is 360 g/mol. The van der Waals surface area contributed by atoms with Gasteiger partial charge in [-0.2, -0.15) is 0 Å². The number of aliphatic hydroxyl groups is 1. The van der Waals surface area contributed by atoms with Gasteiger partial charge >= 0.3 is 5.97 Å². The third kappa shape index (κ3) is 3.52. The van der Waals surface area contributed by atoms with E-state index in [0.29, 0.717) is 23.7 Å². The first-order chi connectivity index (χ1) is 13.8. The fourth-order valence-electron chi connectivity index (χ4n) is 7.83. The fraction of sp³-hybridized carbons (Fsp3) is 0.808. The number of rotatable bonds is 5. The number of esters is 1. The van der Waals surface area contributed by atoms with Crippen LogP contribution in [0, 0.1) is 34.5 Å². The lowest BCUT2D eigenvalue weighted by Crippen LogP contribution is -2.46. The Balaban J connectivity index is 1.50. The van der Waals surface area contributed by atoms with Crippen LogP contribution in [-0.2, 0) is 9.53 Å². The lowest BCUT2D eigenvalue weighted by Gasteiger charge is -2.55. The van der Waals surface area contributed by atoms with Gasteiger partial charge in [-0.25, -0.2) is 0 Å². The Morgan fingerprint density at radius 3 is 2.72 bits per heavy atom. The van der Waals surface area contributed by atoms with E-state index in [4.69, 9.17) is 4.74 Å². The van der Waals surface area contributed by atoms with E-state index in [0.717, 1.165) is 43.9 Å². The maximum Gasteiger partial charge on any atom is 0.305 e. The van der Waals surface area contributed by atoms with Crippen LogP contribution < -0.4 is 0 Å². The van der Waals surface area contributed by atoms with Crippen molar-refractivity contribution < 1.29 is 14.6 Å². The summed E-state index contributed by atoms with van der Waals surface area (Å²) in [6.07, 6.45) is 15.6. The molecule has 0 bridgehead atoms. The molecule has 0 aliphatic heterocycles. The number of allylic oxidation sites excluding steroid dienone is 3. The third-order valence-electron chi connectivity index (χ3n) is 9.57. The number of hydrogen-bond donors (Lipinski definition) is 1. The molecule has 29 heavy (non-hydrogen) atoms. The van der Waals surface area contributed by atoms with Crippen molar-refractivity contribution in [2.45, 2.75) is 91.1 Å². The highest BCUT2D eigenvalue weighted by Crippen LogP contribution is 2.66. The Hall–Kier alpha value is -1.09. The van der Waals surface area contributed by atoms with Crippen LogP contribution in [0.25, 0.3) is 0 Å². The summed E-state index contributed by atoms with van der Waals surface area (Å²) in [6, 6.07) is 0. The van der Waals surface area contributed by atoms with Crippen LogP contribution in [0.4, 0.5) is 0 Å². The Labute approximate surface area is 177 Å². The number of carbonyl (C=O) groups excluding carboxylic acids is 1. The van der Waals surface area contributed by atoms with Crippen LogP contribution in [0.3, 0.4) is 0 Å². The van der Waals surface area contributed by atoms with Gasteiger partial charge in [0.1, 0.15) is 0 Å². The molecule has 0 aromatic heterocycles. The lowest BCUT2D eigenvalue weighted by molar-refractivity contribution is -0.140. The van der Waals surface area contributed by atoms with Crippen molar-refractivity contribution in [3.63, 3.8) is 0 Å². The second kappa shape index (κ2) is 7.87. The molecule has 7 atom stereocenters. The number of ether oxygens (including phenoxy) is 1. The van der Waals surface area contributed by atoms with Gasteiger partial charge in [-0.05, 0) is 92.3 Å². The molecule has 4 aliphatic carbocycles. The molecule has 6 unspecified atom stereocenters. The van der Waals surface area contributed by atoms with Crippen LogP contribution in [0.15, 0.2) is 23.3 Å². The molecule has 3 nitrogen and oxygen atoms in total. The van der Waals surface area contributed by atoms with Crippen molar-refractivity contribution in [3.05, 3.63) is 23.3 Å². The normalized spacial score (nSPS) is 42.1. The van der Waals surface area contributed by atoms with Crippen molar-refractivity contribution >= 4 is 5.97 Å². The zero-order chi connectivity index (χ0) is 20.8. The summed E-state index contributed by atoms with van der Waals surface area (Å²) in [5.41, 5.74) is 3.91. The van der Waals surface area contributed by atoms with E-state index >= 15 is 0 Å². The number of methoxy groups -OCH3 is 1. The first-order valence-corrected chi connectivity index (χ1v) is 12.0. The molecule has 0 aromatic carbocycles. The SMILES string of the molecule is COC(=O)CCC[C@@H](C)C1CCC2C3=CC=C4CC(O)CCC4(C)C3CCC21C. The minimum atomic E-state index is -0.139. The van der Waals surface area contributed by atoms with Crippen LogP contribution in [0.2, 0.25) is 0 Å². The molecule has 3 saturated carbocycles. The monoisotopic (exact) mass is 400 g/mol. The van der Waals surface area contributed by atoms with Gasteiger partial charge in [0.2, 0.25) is 0 Å². The molecular formula is C26H40O3. The Morgan fingerprint density at radius 2 is 1.97 bits per heavy atom. The van der Waals surface area contributed by atoms with Crippen molar-refractivity contribution in [1.82, 2.24) is 0 Å². The van der Waals surface area contributed by atoms with E-state index in [-0.39, 0.29) is 17.5 Å². The molecule has 3 fully saturated rings. The summed E-state index contributed by atoms with van der Waals surface area (Å²) in [4.78, 5) is 11.5. The molecule has 0 spiro atoms. The van der Waals surface area contributed by atoms with Crippen molar-refractivity contribution in [2.24, 2.45) is 34.5 Å². The molecule has 0 aromatic rings. The highest BCUT2D eigenvalue weighted by atomic mass is 16.5. The second-order valence-corrected chi connectivity index (χ2v) is 11.0. The first-order valence-electron chi connectivity index (χ1n) is 12.0. The largest absolute Gasteiger partial charge is 0.469 e. The van der Waals surface area contributed by atoms with Crippen LogP contribution >= 0.6 is 0 Å². The molecule has 4 rings (SSSR count). The quantitative estimate of drug-likeness (QED) is 0.591. The van der Waals surface area contributed by atoms with E-state index in [1.165, 1.54) is 38.4 Å². The summed E-state index contributed by atoms with van der Waals surface area (Å²) < 4.78 is 4.81. The van der Waals surface area contributed by atoms with Gasteiger partial charge in [0.25, 0.3) is 0 Å². The summed E-state index contributed by atoms with van der Waals surface area (Å²) >= 11 is 0. The molecule has 0 amide bonds. The number of fused-ring (bicyclic) bond motifs is 5. The third-order valence-corrected chi connectivity index (χ3v) is 9.57. The Morgan fingerprint density at radius 1 is 1.17 bits per heavy atom. The molecule has 1 N–H and O–H groups in total. The van der Waals surface area contributed by atoms with Crippen LogP contribution in [0.5, 0.6) is 0 Å². The highest BCUT2D eigenvalue weighted by Gasteiger charge is 2.56. The van der Waals surface area contributed by atoms with Crippen LogP contribution in [0.1, 0.15) is 85.0 Å². The molecule has 0 radical (unpaired) electrons. The smallest absolute Gasteiger partial charge is 0.305 e. The van der Waals surface area contributed by atoms with E-state index in [2.05, 4.69) is 32.9 Å². The number of hydrogen-bond acceptors (Lipinski definition) is 3. The van der Waals surface area contributed by atoms with Gasteiger partial charge in [0.05, 0.1) is 13.2 Å². The Kier molecular flexibility index (Phi) is 5.74. The topological polar surface area (TPSA) is 46.5 Å². The standard InChI is InChI=1S/C26H40O3/c1-17(6-5-7-24(28)29-4)21-10-11-22-20-9-8-18-16-19(27)12-14-25(18,2)23(20)13-15-26(21,22)3/h8-9,17,19,21-23,27H,5-7,10-16H2,1-4H3/t17-,19?,21?,22?,23?,25?,26?/m1/s1. The van der Waals surface area contributed by atoms with Gasteiger partial charge in [-0.15, -0.1) is 0 Å². The predicted octanol–water partition coefficient (Wildman–Crippen LogP) is 5.83. The Bertz CT molecular complexity index is 707. The summed E-state index contributed by atoms with van der Waals surface area (Å²) in [7, 11) is 1.48. The zero-order valence-corrected chi connectivity index (χ0v) is 18.9. The molecule has 0 saturated heterocycles. The summed E-state index contributed by atoms with van der Waals surface area (Å²) in [5, 5.41) is 10.2. The van der Waals surface area contributed by atoms with Gasteiger partial charge in [-0.1, -0.05) is 44.1 Å². The molecule has 4 aliphatic rings. The van der Waals surface area contributed by atoms with E-state index in [1.807, 2.05) is 0 Å². The van der Waals surface area contributed by atoms with E-state index in [9.17, 15) is 9.90 Å². The minimum absolute atomic E-state index is 0.0750. The molecule has 0 heterocycles. The average molecular weight is 401 g/mol. The average Bonchev–Trinajstić information content (AvgIpc) is 3.05. The van der Waals surface area contributed by atoms with Gasteiger partial charge in [0.15, 0.2) is 0 Å². The molecule has 3 heteroatoms. The van der Waals surface area contributed by atoms with E-state index < -0.39 is 0 Å². The zero-order valence-electron chi connectivity index (χ0n) is 18.9. The second-order valence-electron chi connectivity index (χ2n) is 11.0.